The fourth-order valence-corrected chi connectivity index (χ4v) is 4.77. The van der Waals surface area contributed by atoms with E-state index < -0.39 is 17.7 Å². The number of piperidine rings is 1. The molecular formula is C18H23ClN4O2. The molecular weight excluding hydrogens is 340 g/mol. The van der Waals surface area contributed by atoms with Gasteiger partial charge in [-0.05, 0) is 44.7 Å². The van der Waals surface area contributed by atoms with Gasteiger partial charge >= 0.3 is 0 Å². The van der Waals surface area contributed by atoms with Gasteiger partial charge in [0.15, 0.2) is 0 Å². The molecule has 1 saturated heterocycles. The zero-order chi connectivity index (χ0) is 17.9. The molecule has 6 nitrogen and oxygen atoms in total. The number of nitrogens with two attached hydrogens (primary N) is 1. The molecule has 0 bridgehead atoms. The van der Waals surface area contributed by atoms with Gasteiger partial charge in [0.05, 0.1) is 23.3 Å². The van der Waals surface area contributed by atoms with Crippen LogP contribution in [0.3, 0.4) is 0 Å². The number of carbonyl (C=O) groups is 1. The summed E-state index contributed by atoms with van der Waals surface area (Å²) in [7, 11) is 0. The summed E-state index contributed by atoms with van der Waals surface area (Å²) in [6.07, 6.45) is 2.78. The van der Waals surface area contributed by atoms with Crippen LogP contribution in [-0.2, 0) is 10.3 Å². The van der Waals surface area contributed by atoms with E-state index in [1.807, 2.05) is 27.9 Å². The molecule has 1 aromatic heterocycles. The molecule has 2 aliphatic rings. The summed E-state index contributed by atoms with van der Waals surface area (Å²) in [5.41, 5.74) is 7.00. The number of nitrogens with zero attached hydrogens (tertiary/aromatic N) is 3. The van der Waals surface area contributed by atoms with Crippen molar-refractivity contribution in [1.29, 1.82) is 0 Å². The summed E-state index contributed by atoms with van der Waals surface area (Å²) in [6.45, 7) is 5.10. The highest BCUT2D eigenvalue weighted by Crippen LogP contribution is 2.51. The Morgan fingerprint density at radius 2 is 2.12 bits per heavy atom. The maximum Gasteiger partial charge on any atom is 0.239 e. The maximum atomic E-state index is 12.1. The Morgan fingerprint density at radius 1 is 1.44 bits per heavy atom. The standard InChI is InChI=1S/C18H23ClN4O2/c1-10(20)17(25)22-5-3-12(4-6-22)18(2)16(24)14-8-13(19)7-11-9-21-23(18)15(11)14/h7-10,12,16,24H,3-6,20H2,1-2H3/t10-,16+,18?/m0/s1. The van der Waals surface area contributed by atoms with Gasteiger partial charge in [0, 0.05) is 29.1 Å². The molecule has 25 heavy (non-hydrogen) atoms. The van der Waals surface area contributed by atoms with Crippen LogP contribution in [0.1, 0.15) is 38.4 Å². The average molecular weight is 363 g/mol. The van der Waals surface area contributed by atoms with Crippen LogP contribution in [0.4, 0.5) is 0 Å². The van der Waals surface area contributed by atoms with E-state index in [-0.39, 0.29) is 11.8 Å². The van der Waals surface area contributed by atoms with Crippen LogP contribution in [0, 0.1) is 5.92 Å². The summed E-state index contributed by atoms with van der Waals surface area (Å²) in [5, 5.41) is 17.2. The lowest BCUT2D eigenvalue weighted by molar-refractivity contribution is -0.134. The van der Waals surface area contributed by atoms with Gasteiger partial charge in [-0.15, -0.1) is 0 Å². The molecule has 3 N–H and O–H groups in total. The number of halogens is 1. The van der Waals surface area contributed by atoms with Gasteiger partial charge < -0.3 is 15.7 Å². The van der Waals surface area contributed by atoms with Crippen molar-refractivity contribution < 1.29 is 9.90 Å². The van der Waals surface area contributed by atoms with Crippen LogP contribution in [-0.4, -0.2) is 44.8 Å². The van der Waals surface area contributed by atoms with E-state index in [0.717, 1.165) is 29.3 Å². The molecule has 7 heteroatoms. The van der Waals surface area contributed by atoms with Crippen LogP contribution in [0.2, 0.25) is 5.02 Å². The number of aliphatic hydroxyl groups excluding tert-OH is 1. The Bertz CT molecular complexity index is 841. The predicted octanol–water partition coefficient (Wildman–Crippen LogP) is 2.04. The van der Waals surface area contributed by atoms with Gasteiger partial charge in [-0.1, -0.05) is 11.6 Å². The Morgan fingerprint density at radius 3 is 2.76 bits per heavy atom. The lowest BCUT2D eigenvalue weighted by atomic mass is 9.75. The van der Waals surface area contributed by atoms with Gasteiger partial charge in [0.1, 0.15) is 6.10 Å². The number of rotatable bonds is 2. The van der Waals surface area contributed by atoms with E-state index in [1.54, 1.807) is 6.92 Å². The Kier molecular flexibility index (Phi) is 3.83. The first-order valence-corrected chi connectivity index (χ1v) is 9.12. The van der Waals surface area contributed by atoms with Crippen LogP contribution in [0.5, 0.6) is 0 Å². The minimum Gasteiger partial charge on any atom is -0.386 e. The van der Waals surface area contributed by atoms with Gasteiger partial charge in [-0.2, -0.15) is 5.10 Å². The topological polar surface area (TPSA) is 84.4 Å². The van der Waals surface area contributed by atoms with E-state index in [9.17, 15) is 9.90 Å². The lowest BCUT2D eigenvalue weighted by Crippen LogP contribution is -2.50. The van der Waals surface area contributed by atoms with Crippen molar-refractivity contribution in [2.75, 3.05) is 13.1 Å². The summed E-state index contributed by atoms with van der Waals surface area (Å²) in [5.74, 6) is 0.209. The Labute approximate surface area is 151 Å². The van der Waals surface area contributed by atoms with Crippen LogP contribution in [0.25, 0.3) is 10.9 Å². The summed E-state index contributed by atoms with van der Waals surface area (Å²) >= 11 is 6.21. The number of hydrogen-bond acceptors (Lipinski definition) is 4. The lowest BCUT2D eigenvalue weighted by Gasteiger charge is -2.43. The monoisotopic (exact) mass is 362 g/mol. The molecule has 3 heterocycles. The van der Waals surface area contributed by atoms with E-state index >= 15 is 0 Å². The van der Waals surface area contributed by atoms with Crippen molar-refractivity contribution in [2.24, 2.45) is 11.7 Å². The largest absolute Gasteiger partial charge is 0.386 e. The smallest absolute Gasteiger partial charge is 0.239 e. The molecule has 1 amide bonds. The molecule has 1 fully saturated rings. The van der Waals surface area contributed by atoms with Crippen molar-refractivity contribution in [3.8, 4) is 0 Å². The number of carbonyl (C=O) groups excluding carboxylic acids is 1. The molecule has 0 saturated carbocycles. The number of likely N-dealkylation sites (tertiary alicyclic amines) is 1. The minimum absolute atomic E-state index is 0.00730. The van der Waals surface area contributed by atoms with Crippen molar-refractivity contribution in [1.82, 2.24) is 14.7 Å². The molecule has 0 radical (unpaired) electrons. The van der Waals surface area contributed by atoms with Crippen molar-refractivity contribution in [3.63, 3.8) is 0 Å². The van der Waals surface area contributed by atoms with Gasteiger partial charge in [0.2, 0.25) is 5.91 Å². The van der Waals surface area contributed by atoms with Crippen LogP contribution < -0.4 is 5.73 Å². The van der Waals surface area contributed by atoms with E-state index in [4.69, 9.17) is 17.3 Å². The quantitative estimate of drug-likeness (QED) is 0.856. The molecule has 2 aliphatic heterocycles. The van der Waals surface area contributed by atoms with Crippen molar-refractivity contribution in [3.05, 3.63) is 28.9 Å². The van der Waals surface area contributed by atoms with Gasteiger partial charge in [-0.25, -0.2) is 0 Å². The fraction of sp³-hybridized carbons (Fsp3) is 0.556. The third-order valence-electron chi connectivity index (χ3n) is 5.98. The second kappa shape index (κ2) is 5.69. The first-order chi connectivity index (χ1) is 11.8. The van der Waals surface area contributed by atoms with Crippen LogP contribution in [0.15, 0.2) is 18.3 Å². The highest BCUT2D eigenvalue weighted by molar-refractivity contribution is 6.31. The summed E-state index contributed by atoms with van der Waals surface area (Å²) in [4.78, 5) is 13.9. The van der Waals surface area contributed by atoms with Crippen molar-refractivity contribution in [2.45, 2.75) is 44.4 Å². The molecule has 4 rings (SSSR count). The molecule has 2 aromatic rings. The first kappa shape index (κ1) is 16.8. The summed E-state index contributed by atoms with van der Waals surface area (Å²) in [6, 6.07) is 3.25. The number of aliphatic hydroxyl groups is 1. The second-order valence-electron chi connectivity index (χ2n) is 7.51. The molecule has 134 valence electrons. The van der Waals surface area contributed by atoms with E-state index in [0.29, 0.717) is 18.1 Å². The van der Waals surface area contributed by atoms with Gasteiger partial charge in [0.25, 0.3) is 0 Å². The third kappa shape index (κ3) is 2.31. The molecule has 3 atom stereocenters. The molecule has 1 unspecified atom stereocenters. The van der Waals surface area contributed by atoms with Gasteiger partial charge in [-0.3, -0.25) is 9.48 Å². The summed E-state index contributed by atoms with van der Waals surface area (Å²) < 4.78 is 1.96. The third-order valence-corrected chi connectivity index (χ3v) is 6.20. The van der Waals surface area contributed by atoms with E-state index in [1.165, 1.54) is 0 Å². The number of benzene rings is 1. The normalized spacial score (nSPS) is 27.9. The highest BCUT2D eigenvalue weighted by Gasteiger charge is 2.50. The van der Waals surface area contributed by atoms with Crippen molar-refractivity contribution >= 4 is 28.4 Å². The number of aromatic nitrogens is 2. The number of hydrogen-bond donors (Lipinski definition) is 2. The predicted molar refractivity (Wildman–Crippen MR) is 96.3 cm³/mol. The SMILES string of the molecule is C[C@H](N)C(=O)N1CCC(C2(C)[C@H](O)c3cc(Cl)cc4cnn2c34)CC1. The molecule has 1 aromatic carbocycles. The van der Waals surface area contributed by atoms with E-state index in [2.05, 4.69) is 12.0 Å². The zero-order valence-corrected chi connectivity index (χ0v) is 15.2. The van der Waals surface area contributed by atoms with Crippen LogP contribution >= 0.6 is 11.6 Å². The zero-order valence-electron chi connectivity index (χ0n) is 14.4. The molecule has 0 spiro atoms. The maximum absolute atomic E-state index is 12.1. The first-order valence-electron chi connectivity index (χ1n) is 8.74. The average Bonchev–Trinajstić information content (AvgIpc) is 3.11. The highest BCUT2D eigenvalue weighted by atomic mass is 35.5. The second-order valence-corrected chi connectivity index (χ2v) is 7.94. The Balaban J connectivity index is 1.64. The fourth-order valence-electron chi connectivity index (χ4n) is 4.54. The molecule has 0 aliphatic carbocycles. The number of amides is 1. The minimum atomic E-state index is -0.655. The Hall–Kier alpha value is -1.63.